The van der Waals surface area contributed by atoms with E-state index in [-0.39, 0.29) is 17.6 Å². The quantitative estimate of drug-likeness (QED) is 0.838. The highest BCUT2D eigenvalue weighted by molar-refractivity contribution is 9.10. The van der Waals surface area contributed by atoms with Gasteiger partial charge in [0.05, 0.1) is 5.69 Å². The van der Waals surface area contributed by atoms with Crippen molar-refractivity contribution in [1.82, 2.24) is 4.90 Å². The number of piperidine rings is 1. The topological polar surface area (TPSA) is 23.6 Å². The van der Waals surface area contributed by atoms with Crippen LogP contribution in [-0.2, 0) is 4.79 Å². The average Bonchev–Trinajstić information content (AvgIpc) is 2.40. The lowest BCUT2D eigenvalue weighted by Crippen LogP contribution is -2.42. The van der Waals surface area contributed by atoms with Crippen molar-refractivity contribution >= 4 is 27.5 Å². The maximum atomic E-state index is 13.9. The van der Waals surface area contributed by atoms with Gasteiger partial charge < -0.3 is 9.80 Å². The zero-order valence-corrected chi connectivity index (χ0v) is 13.5. The van der Waals surface area contributed by atoms with Gasteiger partial charge in [0.15, 0.2) is 0 Å². The van der Waals surface area contributed by atoms with Crippen molar-refractivity contribution in [3.8, 4) is 0 Å². The first-order chi connectivity index (χ1) is 9.49. The third-order valence-electron chi connectivity index (χ3n) is 3.67. The van der Waals surface area contributed by atoms with Crippen LogP contribution in [0.5, 0.6) is 0 Å². The van der Waals surface area contributed by atoms with Gasteiger partial charge in [0.25, 0.3) is 0 Å². The normalized spacial score (nSPS) is 19.8. The molecule has 1 atom stereocenters. The summed E-state index contributed by atoms with van der Waals surface area (Å²) in [4.78, 5) is 16.2. The van der Waals surface area contributed by atoms with Gasteiger partial charge in [0, 0.05) is 16.9 Å². The second kappa shape index (κ2) is 6.68. The molecule has 5 heteroatoms. The first kappa shape index (κ1) is 15.4. The molecule has 110 valence electrons. The van der Waals surface area contributed by atoms with Crippen LogP contribution in [0.4, 0.5) is 10.1 Å². The van der Waals surface area contributed by atoms with Crippen molar-refractivity contribution in [1.29, 1.82) is 0 Å². The number of carbonyl (C=O) groups excluding carboxylic acids is 1. The number of hydrogen-bond donors (Lipinski definition) is 0. The summed E-state index contributed by atoms with van der Waals surface area (Å²) in [6.45, 7) is 1.48. The molecule has 1 amide bonds. The van der Waals surface area contributed by atoms with E-state index in [1.807, 2.05) is 14.1 Å². The Bertz CT molecular complexity index is 493. The minimum atomic E-state index is -0.338. The number of rotatable bonds is 4. The van der Waals surface area contributed by atoms with Crippen molar-refractivity contribution in [3.05, 3.63) is 28.5 Å². The molecule has 20 heavy (non-hydrogen) atoms. The SMILES string of the molecule is CN(C)CCC1CCCN(c2cc(Br)ccc2F)C1=O. The lowest BCUT2D eigenvalue weighted by atomic mass is 9.93. The fourth-order valence-electron chi connectivity index (χ4n) is 2.56. The van der Waals surface area contributed by atoms with Crippen LogP contribution in [0.3, 0.4) is 0 Å². The minimum Gasteiger partial charge on any atom is -0.309 e. The summed E-state index contributed by atoms with van der Waals surface area (Å²) in [5.74, 6) is -0.283. The number of carbonyl (C=O) groups is 1. The van der Waals surface area contributed by atoms with Crippen LogP contribution >= 0.6 is 15.9 Å². The minimum absolute atomic E-state index is 0.00420. The Morgan fingerprint density at radius 3 is 2.90 bits per heavy atom. The number of halogens is 2. The fraction of sp³-hybridized carbons (Fsp3) is 0.533. The summed E-state index contributed by atoms with van der Waals surface area (Å²) in [7, 11) is 4.00. The molecule has 0 aromatic heterocycles. The smallest absolute Gasteiger partial charge is 0.230 e. The molecule has 2 rings (SSSR count). The molecule has 1 aromatic carbocycles. The van der Waals surface area contributed by atoms with Gasteiger partial charge in [-0.25, -0.2) is 4.39 Å². The molecule has 1 heterocycles. The molecule has 0 bridgehead atoms. The largest absolute Gasteiger partial charge is 0.309 e. The summed E-state index contributed by atoms with van der Waals surface area (Å²) in [5, 5.41) is 0. The number of benzene rings is 1. The van der Waals surface area contributed by atoms with E-state index in [0.29, 0.717) is 12.2 Å². The summed E-state index contributed by atoms with van der Waals surface area (Å²) in [6.07, 6.45) is 2.66. The zero-order chi connectivity index (χ0) is 14.7. The van der Waals surface area contributed by atoms with E-state index >= 15 is 0 Å². The fourth-order valence-corrected chi connectivity index (χ4v) is 2.91. The molecule has 1 unspecified atom stereocenters. The Kier molecular flexibility index (Phi) is 5.16. The molecule has 0 spiro atoms. The van der Waals surface area contributed by atoms with Gasteiger partial charge in [-0.3, -0.25) is 4.79 Å². The lowest BCUT2D eigenvalue weighted by molar-refractivity contribution is -0.124. The Balaban J connectivity index is 2.15. The number of hydrogen-bond acceptors (Lipinski definition) is 2. The first-order valence-corrected chi connectivity index (χ1v) is 7.69. The molecular formula is C15H20BrFN2O. The van der Waals surface area contributed by atoms with Crippen LogP contribution in [0.15, 0.2) is 22.7 Å². The number of anilines is 1. The van der Waals surface area contributed by atoms with Gasteiger partial charge in [0.2, 0.25) is 5.91 Å². The first-order valence-electron chi connectivity index (χ1n) is 6.90. The molecular weight excluding hydrogens is 323 g/mol. The monoisotopic (exact) mass is 342 g/mol. The van der Waals surface area contributed by atoms with Crippen molar-refractivity contribution in [2.45, 2.75) is 19.3 Å². The summed E-state index contributed by atoms with van der Waals surface area (Å²) in [6, 6.07) is 4.73. The molecule has 1 aromatic rings. The Morgan fingerprint density at radius 2 is 2.20 bits per heavy atom. The standard InChI is InChI=1S/C15H20BrFN2O/c1-18(2)9-7-11-4-3-8-19(15(11)20)14-10-12(16)5-6-13(14)17/h5-6,10-11H,3-4,7-9H2,1-2H3. The van der Waals surface area contributed by atoms with Crippen molar-refractivity contribution in [3.63, 3.8) is 0 Å². The van der Waals surface area contributed by atoms with E-state index in [2.05, 4.69) is 20.8 Å². The Hall–Kier alpha value is -0.940. The van der Waals surface area contributed by atoms with E-state index in [4.69, 9.17) is 0 Å². The van der Waals surface area contributed by atoms with Gasteiger partial charge in [-0.15, -0.1) is 0 Å². The molecule has 1 saturated heterocycles. The van der Waals surface area contributed by atoms with Crippen LogP contribution in [0.1, 0.15) is 19.3 Å². The van der Waals surface area contributed by atoms with Crippen molar-refractivity contribution < 1.29 is 9.18 Å². The van der Waals surface area contributed by atoms with E-state index in [1.165, 1.54) is 6.07 Å². The van der Waals surface area contributed by atoms with Gasteiger partial charge in [0.1, 0.15) is 5.82 Å². The van der Waals surface area contributed by atoms with E-state index in [0.717, 1.165) is 30.3 Å². The second-order valence-corrected chi connectivity index (χ2v) is 6.43. The molecule has 0 N–H and O–H groups in total. The highest BCUT2D eigenvalue weighted by Crippen LogP contribution is 2.30. The van der Waals surface area contributed by atoms with E-state index < -0.39 is 0 Å². The van der Waals surface area contributed by atoms with Gasteiger partial charge >= 0.3 is 0 Å². The molecule has 3 nitrogen and oxygen atoms in total. The van der Waals surface area contributed by atoms with Crippen molar-refractivity contribution in [2.24, 2.45) is 5.92 Å². The summed E-state index contributed by atoms with van der Waals surface area (Å²) >= 11 is 3.34. The van der Waals surface area contributed by atoms with Crippen LogP contribution in [0.2, 0.25) is 0 Å². The van der Waals surface area contributed by atoms with Gasteiger partial charge in [-0.1, -0.05) is 15.9 Å². The second-order valence-electron chi connectivity index (χ2n) is 5.52. The molecule has 1 aliphatic heterocycles. The number of nitrogens with zero attached hydrogens (tertiary/aromatic N) is 2. The lowest BCUT2D eigenvalue weighted by Gasteiger charge is -2.33. The van der Waals surface area contributed by atoms with Crippen LogP contribution in [0.25, 0.3) is 0 Å². The van der Waals surface area contributed by atoms with E-state index in [1.54, 1.807) is 17.0 Å². The van der Waals surface area contributed by atoms with Crippen LogP contribution in [0, 0.1) is 11.7 Å². The Morgan fingerprint density at radius 1 is 1.45 bits per heavy atom. The molecule has 1 aliphatic rings. The molecule has 0 aliphatic carbocycles. The highest BCUT2D eigenvalue weighted by atomic mass is 79.9. The predicted molar refractivity (Wildman–Crippen MR) is 82.3 cm³/mol. The van der Waals surface area contributed by atoms with E-state index in [9.17, 15) is 9.18 Å². The maximum Gasteiger partial charge on any atom is 0.230 e. The summed E-state index contributed by atoms with van der Waals surface area (Å²) < 4.78 is 14.7. The summed E-state index contributed by atoms with van der Waals surface area (Å²) in [5.41, 5.74) is 0.388. The zero-order valence-electron chi connectivity index (χ0n) is 11.9. The molecule has 0 saturated carbocycles. The highest BCUT2D eigenvalue weighted by Gasteiger charge is 2.30. The number of amides is 1. The molecule has 1 fully saturated rings. The van der Waals surface area contributed by atoms with Gasteiger partial charge in [-0.05, 0) is 58.1 Å². The average molecular weight is 343 g/mol. The van der Waals surface area contributed by atoms with Crippen LogP contribution < -0.4 is 4.90 Å². The third kappa shape index (κ3) is 3.58. The molecule has 0 radical (unpaired) electrons. The Labute approximate surface area is 127 Å². The van der Waals surface area contributed by atoms with Crippen molar-refractivity contribution in [2.75, 3.05) is 32.1 Å². The van der Waals surface area contributed by atoms with Gasteiger partial charge in [-0.2, -0.15) is 0 Å². The maximum absolute atomic E-state index is 13.9. The van der Waals surface area contributed by atoms with Crippen LogP contribution in [-0.4, -0.2) is 38.0 Å². The predicted octanol–water partition coefficient (Wildman–Crippen LogP) is 3.28. The third-order valence-corrected chi connectivity index (χ3v) is 4.17.